The van der Waals surface area contributed by atoms with E-state index in [1.165, 1.54) is 0 Å². The molecule has 5 nitrogen and oxygen atoms in total. The zero-order valence-corrected chi connectivity index (χ0v) is 6.79. The van der Waals surface area contributed by atoms with Crippen molar-refractivity contribution in [3.63, 3.8) is 0 Å². The first kappa shape index (κ1) is 9.88. The van der Waals surface area contributed by atoms with Gasteiger partial charge in [0.15, 0.2) is 0 Å². The third-order valence-electron chi connectivity index (χ3n) is 2.13. The Labute approximate surface area is 70.2 Å². The quantitative estimate of drug-likeness (QED) is 0.367. The van der Waals surface area contributed by atoms with Gasteiger partial charge < -0.3 is 25.2 Å². The summed E-state index contributed by atoms with van der Waals surface area (Å²) in [5.41, 5.74) is 0. The molecule has 0 saturated carbocycles. The van der Waals surface area contributed by atoms with Gasteiger partial charge in [0.2, 0.25) is 0 Å². The lowest BCUT2D eigenvalue weighted by Gasteiger charge is -2.38. The summed E-state index contributed by atoms with van der Waals surface area (Å²) in [5, 5.41) is 36.4. The van der Waals surface area contributed by atoms with Crippen molar-refractivity contribution in [1.29, 1.82) is 0 Å². The summed E-state index contributed by atoms with van der Waals surface area (Å²) in [6.07, 6.45) is -4.94. The van der Waals surface area contributed by atoms with Gasteiger partial charge in [0.05, 0.1) is 12.7 Å². The van der Waals surface area contributed by atoms with Gasteiger partial charge in [-0.05, 0) is 6.92 Å². The molecule has 0 aromatic heterocycles. The number of rotatable bonds is 1. The molecule has 1 fully saturated rings. The Balaban J connectivity index is 2.63. The van der Waals surface area contributed by atoms with E-state index < -0.39 is 30.5 Å². The fraction of sp³-hybridized carbons (Fsp3) is 1.00. The zero-order valence-electron chi connectivity index (χ0n) is 6.79. The topological polar surface area (TPSA) is 90.2 Å². The second-order valence-corrected chi connectivity index (χ2v) is 3.03. The largest absolute Gasteiger partial charge is 0.394 e. The predicted octanol–water partition coefficient (Wildman–Crippen LogP) is -2.15. The first-order chi connectivity index (χ1) is 5.57. The molecule has 1 rings (SSSR count). The zero-order chi connectivity index (χ0) is 9.30. The highest BCUT2D eigenvalue weighted by molar-refractivity contribution is 4.89. The Morgan fingerprint density at radius 1 is 1.08 bits per heavy atom. The van der Waals surface area contributed by atoms with Gasteiger partial charge in [0, 0.05) is 0 Å². The minimum atomic E-state index is -1.24. The van der Waals surface area contributed by atoms with Crippen LogP contribution in [-0.4, -0.2) is 57.6 Å². The molecule has 1 aliphatic rings. The Hall–Kier alpha value is -0.200. The van der Waals surface area contributed by atoms with Gasteiger partial charge in [-0.25, -0.2) is 0 Å². The van der Waals surface area contributed by atoms with Crippen LogP contribution in [0.25, 0.3) is 0 Å². The van der Waals surface area contributed by atoms with Gasteiger partial charge in [0.1, 0.15) is 24.4 Å². The van der Waals surface area contributed by atoms with E-state index in [4.69, 9.17) is 9.84 Å². The molecule has 1 aliphatic heterocycles. The molecule has 0 bridgehead atoms. The standard InChI is InChI=1S/C7H14O5/c1-3-5(9)7(11)6(10)4(2-8)12-3/h3-11H,2H2,1H3/t3?,4-,5-,6-,7+/m1/s1. The number of ether oxygens (including phenoxy) is 1. The fourth-order valence-corrected chi connectivity index (χ4v) is 1.29. The van der Waals surface area contributed by atoms with Gasteiger partial charge >= 0.3 is 0 Å². The van der Waals surface area contributed by atoms with Crippen LogP contribution in [0, 0.1) is 0 Å². The Morgan fingerprint density at radius 3 is 2.17 bits per heavy atom. The number of hydrogen-bond acceptors (Lipinski definition) is 5. The van der Waals surface area contributed by atoms with Crippen LogP contribution in [0.1, 0.15) is 6.92 Å². The Bertz CT molecular complexity index is 146. The molecule has 1 heterocycles. The van der Waals surface area contributed by atoms with E-state index in [1.54, 1.807) is 6.92 Å². The highest BCUT2D eigenvalue weighted by Crippen LogP contribution is 2.20. The van der Waals surface area contributed by atoms with Crippen LogP contribution in [0.5, 0.6) is 0 Å². The molecule has 72 valence electrons. The second-order valence-electron chi connectivity index (χ2n) is 3.03. The maximum atomic E-state index is 9.23. The average molecular weight is 178 g/mol. The summed E-state index contributed by atoms with van der Waals surface area (Å²) in [6, 6.07) is 0. The lowest BCUT2D eigenvalue weighted by atomic mass is 9.96. The highest BCUT2D eigenvalue weighted by Gasteiger charge is 2.41. The summed E-state index contributed by atoms with van der Waals surface area (Å²) >= 11 is 0. The van der Waals surface area contributed by atoms with Crippen LogP contribution >= 0.6 is 0 Å². The minimum absolute atomic E-state index is 0.366. The minimum Gasteiger partial charge on any atom is -0.394 e. The van der Waals surface area contributed by atoms with Crippen LogP contribution in [0.15, 0.2) is 0 Å². The monoisotopic (exact) mass is 178 g/mol. The SMILES string of the molecule is CC1O[C@H](CO)[C@@H](O)[C@@H](O)[C@@H]1O. The van der Waals surface area contributed by atoms with Crippen molar-refractivity contribution in [3.05, 3.63) is 0 Å². The molecule has 1 saturated heterocycles. The second kappa shape index (κ2) is 3.68. The Morgan fingerprint density at radius 2 is 1.67 bits per heavy atom. The summed E-state index contributed by atoms with van der Waals surface area (Å²) in [6.45, 7) is 1.21. The van der Waals surface area contributed by atoms with E-state index in [0.717, 1.165) is 0 Å². The molecule has 0 spiro atoms. The first-order valence-corrected chi connectivity index (χ1v) is 3.88. The summed E-state index contributed by atoms with van der Waals surface area (Å²) in [5.74, 6) is 0. The van der Waals surface area contributed by atoms with Crippen molar-refractivity contribution in [3.8, 4) is 0 Å². The molecule has 0 radical (unpaired) electrons. The lowest BCUT2D eigenvalue weighted by molar-refractivity contribution is -0.224. The van der Waals surface area contributed by atoms with Crippen molar-refractivity contribution in [2.75, 3.05) is 6.61 Å². The summed E-state index contributed by atoms with van der Waals surface area (Å²) < 4.78 is 5.02. The van der Waals surface area contributed by atoms with Gasteiger partial charge in [-0.2, -0.15) is 0 Å². The molecular weight excluding hydrogens is 164 g/mol. The normalized spacial score (nSPS) is 49.2. The first-order valence-electron chi connectivity index (χ1n) is 3.88. The van der Waals surface area contributed by atoms with Gasteiger partial charge in [-0.15, -0.1) is 0 Å². The fourth-order valence-electron chi connectivity index (χ4n) is 1.29. The number of hydrogen-bond donors (Lipinski definition) is 4. The maximum absolute atomic E-state index is 9.23. The number of aliphatic hydroxyl groups excluding tert-OH is 4. The van der Waals surface area contributed by atoms with E-state index in [-0.39, 0.29) is 6.61 Å². The third-order valence-corrected chi connectivity index (χ3v) is 2.13. The van der Waals surface area contributed by atoms with E-state index >= 15 is 0 Å². The van der Waals surface area contributed by atoms with E-state index in [2.05, 4.69) is 0 Å². The number of aliphatic hydroxyl groups is 4. The van der Waals surface area contributed by atoms with E-state index in [9.17, 15) is 15.3 Å². The third kappa shape index (κ3) is 1.60. The highest BCUT2D eigenvalue weighted by atomic mass is 16.5. The van der Waals surface area contributed by atoms with E-state index in [1.807, 2.05) is 0 Å². The molecule has 4 N–H and O–H groups in total. The van der Waals surface area contributed by atoms with Crippen molar-refractivity contribution in [1.82, 2.24) is 0 Å². The molecule has 0 amide bonds. The average Bonchev–Trinajstić information content (AvgIpc) is 2.08. The Kier molecular flexibility index (Phi) is 3.03. The van der Waals surface area contributed by atoms with Gasteiger partial charge in [0.25, 0.3) is 0 Å². The van der Waals surface area contributed by atoms with Crippen molar-refractivity contribution >= 4 is 0 Å². The van der Waals surface area contributed by atoms with E-state index in [0.29, 0.717) is 0 Å². The molecule has 5 heteroatoms. The van der Waals surface area contributed by atoms with Crippen molar-refractivity contribution < 1.29 is 25.2 Å². The van der Waals surface area contributed by atoms with Crippen LogP contribution in [0.2, 0.25) is 0 Å². The molecule has 1 unspecified atom stereocenters. The summed E-state index contributed by atoms with van der Waals surface area (Å²) in [4.78, 5) is 0. The molecular formula is C7H14O5. The lowest BCUT2D eigenvalue weighted by Crippen LogP contribution is -2.57. The van der Waals surface area contributed by atoms with Crippen LogP contribution in [0.3, 0.4) is 0 Å². The predicted molar refractivity (Wildman–Crippen MR) is 39.4 cm³/mol. The molecule has 5 atom stereocenters. The van der Waals surface area contributed by atoms with Crippen molar-refractivity contribution in [2.24, 2.45) is 0 Å². The van der Waals surface area contributed by atoms with Crippen LogP contribution < -0.4 is 0 Å². The maximum Gasteiger partial charge on any atom is 0.111 e. The van der Waals surface area contributed by atoms with Crippen molar-refractivity contribution in [2.45, 2.75) is 37.4 Å². The molecule has 0 aromatic rings. The van der Waals surface area contributed by atoms with Crippen LogP contribution in [-0.2, 0) is 4.74 Å². The smallest absolute Gasteiger partial charge is 0.111 e. The molecule has 0 aliphatic carbocycles. The van der Waals surface area contributed by atoms with Gasteiger partial charge in [-0.3, -0.25) is 0 Å². The van der Waals surface area contributed by atoms with Crippen LogP contribution in [0.4, 0.5) is 0 Å². The van der Waals surface area contributed by atoms with Gasteiger partial charge in [-0.1, -0.05) is 0 Å². The molecule has 12 heavy (non-hydrogen) atoms. The molecule has 0 aromatic carbocycles. The summed E-state index contributed by atoms with van der Waals surface area (Å²) in [7, 11) is 0.